The van der Waals surface area contributed by atoms with Crippen LogP contribution in [0.5, 0.6) is 0 Å². The van der Waals surface area contributed by atoms with Crippen LogP contribution in [0.25, 0.3) is 17.2 Å². The number of hydrogen-bond acceptors (Lipinski definition) is 1. The molecule has 2 aromatic carbocycles. The summed E-state index contributed by atoms with van der Waals surface area (Å²) < 4.78 is 0. The first-order valence-corrected chi connectivity index (χ1v) is 5.92. The Labute approximate surface area is 101 Å². The van der Waals surface area contributed by atoms with Crippen molar-refractivity contribution in [2.24, 2.45) is 0 Å². The molecule has 0 aliphatic heterocycles. The largest absolute Gasteiger partial charge is 0.151 e. The van der Waals surface area contributed by atoms with E-state index in [-0.39, 0.29) is 0 Å². The van der Waals surface area contributed by atoms with E-state index in [0.717, 1.165) is 6.42 Å². The Morgan fingerprint density at radius 1 is 0.938 bits per heavy atom. The van der Waals surface area contributed by atoms with E-state index in [1.165, 1.54) is 27.8 Å². The molecule has 0 heterocycles. The molecule has 0 amide bonds. The standard InChI is InChI=1S/C15H12S/c16-8-7-11-5-6-15-13(9-11)10-12-3-1-2-4-14(12)15/h1-9,16H,10H2/b8-7+. The molecule has 0 nitrogen and oxygen atoms in total. The van der Waals surface area contributed by atoms with Crippen LogP contribution in [-0.4, -0.2) is 0 Å². The molecule has 0 saturated heterocycles. The van der Waals surface area contributed by atoms with Gasteiger partial charge in [0.15, 0.2) is 0 Å². The van der Waals surface area contributed by atoms with E-state index in [4.69, 9.17) is 0 Å². The molecular weight excluding hydrogens is 212 g/mol. The molecule has 16 heavy (non-hydrogen) atoms. The Hall–Kier alpha value is -1.47. The van der Waals surface area contributed by atoms with E-state index in [1.54, 1.807) is 5.41 Å². The molecule has 1 aliphatic rings. The average Bonchev–Trinajstić information content (AvgIpc) is 2.67. The van der Waals surface area contributed by atoms with Gasteiger partial charge in [0, 0.05) is 0 Å². The van der Waals surface area contributed by atoms with Crippen LogP contribution >= 0.6 is 12.6 Å². The van der Waals surface area contributed by atoms with Gasteiger partial charge in [-0.05, 0) is 45.7 Å². The summed E-state index contributed by atoms with van der Waals surface area (Å²) in [4.78, 5) is 0. The van der Waals surface area contributed by atoms with Crippen LogP contribution in [-0.2, 0) is 6.42 Å². The van der Waals surface area contributed by atoms with Crippen LogP contribution in [0.3, 0.4) is 0 Å². The third-order valence-corrected chi connectivity index (χ3v) is 3.23. The summed E-state index contributed by atoms with van der Waals surface area (Å²) in [7, 11) is 0. The lowest BCUT2D eigenvalue weighted by Crippen LogP contribution is -1.81. The van der Waals surface area contributed by atoms with Crippen LogP contribution in [0.4, 0.5) is 0 Å². The van der Waals surface area contributed by atoms with Crippen molar-refractivity contribution < 1.29 is 0 Å². The maximum atomic E-state index is 4.11. The van der Waals surface area contributed by atoms with Crippen LogP contribution in [0, 0.1) is 0 Å². The van der Waals surface area contributed by atoms with Crippen molar-refractivity contribution in [2.45, 2.75) is 6.42 Å². The van der Waals surface area contributed by atoms with Crippen molar-refractivity contribution in [3.63, 3.8) is 0 Å². The zero-order valence-corrected chi connectivity index (χ0v) is 9.74. The Morgan fingerprint density at radius 3 is 2.62 bits per heavy atom. The predicted molar refractivity (Wildman–Crippen MR) is 72.7 cm³/mol. The van der Waals surface area contributed by atoms with Gasteiger partial charge < -0.3 is 0 Å². The summed E-state index contributed by atoms with van der Waals surface area (Å²) in [6.45, 7) is 0. The quantitative estimate of drug-likeness (QED) is 0.590. The molecule has 2 aromatic rings. The van der Waals surface area contributed by atoms with Gasteiger partial charge in [0.05, 0.1) is 0 Å². The Bertz CT molecular complexity index is 567. The van der Waals surface area contributed by atoms with Gasteiger partial charge in [0.2, 0.25) is 0 Å². The predicted octanol–water partition coefficient (Wildman–Crippen LogP) is 4.16. The topological polar surface area (TPSA) is 0 Å². The fraction of sp³-hybridized carbons (Fsp3) is 0.0667. The average molecular weight is 224 g/mol. The second kappa shape index (κ2) is 3.84. The number of fused-ring (bicyclic) bond motifs is 3. The molecule has 0 aromatic heterocycles. The molecule has 0 bridgehead atoms. The minimum absolute atomic E-state index is 1.06. The summed E-state index contributed by atoms with van der Waals surface area (Å²) in [6, 6.07) is 15.2. The lowest BCUT2D eigenvalue weighted by molar-refractivity contribution is 1.26. The van der Waals surface area contributed by atoms with E-state index in [1.807, 2.05) is 6.08 Å². The van der Waals surface area contributed by atoms with Gasteiger partial charge in [0.1, 0.15) is 0 Å². The SMILES string of the molecule is S/C=C/c1ccc2c(c1)Cc1ccccc1-2. The molecule has 0 saturated carbocycles. The van der Waals surface area contributed by atoms with Gasteiger partial charge in [-0.25, -0.2) is 0 Å². The number of thiol groups is 1. The number of benzene rings is 2. The van der Waals surface area contributed by atoms with Crippen LogP contribution in [0.2, 0.25) is 0 Å². The summed E-state index contributed by atoms with van der Waals surface area (Å²) in [5, 5.41) is 1.78. The Kier molecular flexibility index (Phi) is 2.33. The minimum atomic E-state index is 1.06. The molecule has 0 unspecified atom stereocenters. The molecule has 0 fully saturated rings. The molecule has 3 rings (SSSR count). The van der Waals surface area contributed by atoms with E-state index in [2.05, 4.69) is 55.1 Å². The molecule has 78 valence electrons. The van der Waals surface area contributed by atoms with Gasteiger partial charge in [-0.2, -0.15) is 12.6 Å². The van der Waals surface area contributed by atoms with Crippen LogP contribution in [0.1, 0.15) is 16.7 Å². The van der Waals surface area contributed by atoms with E-state index in [0.29, 0.717) is 0 Å². The zero-order chi connectivity index (χ0) is 11.0. The molecule has 0 spiro atoms. The zero-order valence-electron chi connectivity index (χ0n) is 8.85. The summed E-state index contributed by atoms with van der Waals surface area (Å²) in [6.07, 6.45) is 3.08. The maximum Gasteiger partial charge on any atom is -0.00132 e. The van der Waals surface area contributed by atoms with Gasteiger partial charge >= 0.3 is 0 Å². The molecular formula is C15H12S. The molecule has 0 atom stereocenters. The third-order valence-electron chi connectivity index (χ3n) is 3.08. The van der Waals surface area contributed by atoms with Crippen molar-refractivity contribution in [1.29, 1.82) is 0 Å². The minimum Gasteiger partial charge on any atom is -0.151 e. The highest BCUT2D eigenvalue weighted by atomic mass is 32.1. The summed E-state index contributed by atoms with van der Waals surface area (Å²) >= 11 is 4.11. The summed E-state index contributed by atoms with van der Waals surface area (Å²) in [5.41, 5.74) is 6.85. The van der Waals surface area contributed by atoms with Crippen molar-refractivity contribution in [3.8, 4) is 11.1 Å². The van der Waals surface area contributed by atoms with Crippen LogP contribution in [0.15, 0.2) is 47.9 Å². The molecule has 0 N–H and O–H groups in total. The first kappa shape index (κ1) is 9.73. The normalized spacial score (nSPS) is 12.8. The van der Waals surface area contributed by atoms with Crippen molar-refractivity contribution in [1.82, 2.24) is 0 Å². The third kappa shape index (κ3) is 1.48. The fourth-order valence-corrected chi connectivity index (χ4v) is 2.53. The van der Waals surface area contributed by atoms with Crippen molar-refractivity contribution >= 4 is 18.7 Å². The Morgan fingerprint density at radius 2 is 1.75 bits per heavy atom. The van der Waals surface area contributed by atoms with Gasteiger partial charge in [-0.15, -0.1) is 0 Å². The maximum absolute atomic E-state index is 4.11. The highest BCUT2D eigenvalue weighted by Crippen LogP contribution is 2.36. The van der Waals surface area contributed by atoms with Gasteiger partial charge in [-0.1, -0.05) is 42.5 Å². The lowest BCUT2D eigenvalue weighted by Gasteiger charge is -2.01. The monoisotopic (exact) mass is 224 g/mol. The Balaban J connectivity index is 2.14. The first-order valence-electron chi connectivity index (χ1n) is 5.40. The summed E-state index contributed by atoms with van der Waals surface area (Å²) in [5.74, 6) is 0. The van der Waals surface area contributed by atoms with Crippen molar-refractivity contribution in [2.75, 3.05) is 0 Å². The van der Waals surface area contributed by atoms with Gasteiger partial charge in [-0.3, -0.25) is 0 Å². The highest BCUT2D eigenvalue weighted by molar-refractivity contribution is 7.83. The first-order chi connectivity index (χ1) is 7.88. The lowest BCUT2D eigenvalue weighted by atomic mass is 10.0. The molecule has 0 radical (unpaired) electrons. The highest BCUT2D eigenvalue weighted by Gasteiger charge is 2.16. The number of hydrogen-bond donors (Lipinski definition) is 1. The second-order valence-electron chi connectivity index (χ2n) is 4.07. The van der Waals surface area contributed by atoms with E-state index < -0.39 is 0 Å². The number of rotatable bonds is 1. The van der Waals surface area contributed by atoms with Crippen molar-refractivity contribution in [3.05, 3.63) is 64.6 Å². The van der Waals surface area contributed by atoms with Gasteiger partial charge in [0.25, 0.3) is 0 Å². The molecule has 1 heteroatoms. The smallest absolute Gasteiger partial charge is 0.00132 e. The molecule has 1 aliphatic carbocycles. The fourth-order valence-electron chi connectivity index (χ4n) is 2.35. The van der Waals surface area contributed by atoms with E-state index >= 15 is 0 Å². The van der Waals surface area contributed by atoms with Crippen LogP contribution < -0.4 is 0 Å². The second-order valence-corrected chi connectivity index (χ2v) is 4.36. The van der Waals surface area contributed by atoms with E-state index in [9.17, 15) is 0 Å².